The van der Waals surface area contributed by atoms with E-state index in [0.717, 1.165) is 53.5 Å². The van der Waals surface area contributed by atoms with Gasteiger partial charge in [-0.1, -0.05) is 55.8 Å². The van der Waals surface area contributed by atoms with E-state index < -0.39 is 0 Å². The molecule has 1 heterocycles. The molecule has 0 aliphatic heterocycles. The summed E-state index contributed by atoms with van der Waals surface area (Å²) in [4.78, 5) is 2.41. The summed E-state index contributed by atoms with van der Waals surface area (Å²) in [5.74, 6) is 0.933. The van der Waals surface area contributed by atoms with E-state index in [0.29, 0.717) is 0 Å². The number of rotatable bonds is 8. The third-order valence-electron chi connectivity index (χ3n) is 4.60. The third-order valence-corrected chi connectivity index (χ3v) is 4.86. The number of furan rings is 1. The largest absolute Gasteiger partial charge is 0.459 e. The van der Waals surface area contributed by atoms with Crippen molar-refractivity contribution in [3.8, 4) is 0 Å². The van der Waals surface area contributed by atoms with E-state index in [2.05, 4.69) is 48.3 Å². The summed E-state index contributed by atoms with van der Waals surface area (Å²) in [6.45, 7) is 8.42. The normalized spacial score (nSPS) is 12.8. The Balaban J connectivity index is 1.84. The highest BCUT2D eigenvalue weighted by atomic mass is 35.5. The van der Waals surface area contributed by atoms with Crippen LogP contribution in [0.1, 0.15) is 31.2 Å². The molecule has 2 aromatic carbocycles. The highest BCUT2D eigenvalue weighted by Crippen LogP contribution is 2.29. The molecule has 0 aliphatic rings. The van der Waals surface area contributed by atoms with E-state index in [1.54, 1.807) is 0 Å². The summed E-state index contributed by atoms with van der Waals surface area (Å²) in [5, 5.41) is 5.53. The maximum atomic E-state index is 6.12. The lowest BCUT2D eigenvalue weighted by Crippen LogP contribution is -2.34. The van der Waals surface area contributed by atoms with Crippen LogP contribution in [0.4, 0.5) is 0 Å². The molecule has 0 aliphatic carbocycles. The van der Waals surface area contributed by atoms with Gasteiger partial charge in [-0.2, -0.15) is 0 Å². The van der Waals surface area contributed by atoms with Crippen LogP contribution in [0.3, 0.4) is 0 Å². The monoisotopic (exact) mass is 356 g/mol. The first-order valence-corrected chi connectivity index (χ1v) is 9.28. The van der Waals surface area contributed by atoms with Crippen LogP contribution in [0.5, 0.6) is 0 Å². The quantitative estimate of drug-likeness (QED) is 0.608. The molecule has 0 saturated carbocycles. The molecule has 3 rings (SSSR count). The summed E-state index contributed by atoms with van der Waals surface area (Å²) < 4.78 is 6.12. The Morgan fingerprint density at radius 3 is 2.44 bits per heavy atom. The van der Waals surface area contributed by atoms with E-state index in [-0.39, 0.29) is 6.04 Å². The molecule has 0 amide bonds. The van der Waals surface area contributed by atoms with Gasteiger partial charge in [-0.25, -0.2) is 0 Å². The van der Waals surface area contributed by atoms with Crippen LogP contribution in [-0.2, 0) is 0 Å². The Morgan fingerprint density at radius 1 is 1.04 bits per heavy atom. The second-order valence-electron chi connectivity index (χ2n) is 6.15. The van der Waals surface area contributed by atoms with E-state index >= 15 is 0 Å². The predicted molar refractivity (Wildman–Crippen MR) is 105 cm³/mol. The first-order chi connectivity index (χ1) is 12.2. The highest BCUT2D eigenvalue weighted by Gasteiger charge is 2.18. The lowest BCUT2D eigenvalue weighted by atomic mass is 10.0. The summed E-state index contributed by atoms with van der Waals surface area (Å²) in [5.41, 5.74) is 2.07. The molecular formula is C21H25ClN2O. The van der Waals surface area contributed by atoms with Gasteiger partial charge < -0.3 is 14.6 Å². The van der Waals surface area contributed by atoms with Crippen LogP contribution >= 0.6 is 11.6 Å². The van der Waals surface area contributed by atoms with Crippen molar-refractivity contribution in [3.05, 3.63) is 70.9 Å². The SMILES string of the molecule is CCN(CC)CCNC(c1ccc(Cl)cc1)c1cc2ccccc2o1. The fourth-order valence-electron chi connectivity index (χ4n) is 3.09. The lowest BCUT2D eigenvalue weighted by Gasteiger charge is -2.22. The topological polar surface area (TPSA) is 28.4 Å². The van der Waals surface area contributed by atoms with Crippen LogP contribution in [0, 0.1) is 0 Å². The van der Waals surface area contributed by atoms with E-state index in [4.69, 9.17) is 16.0 Å². The van der Waals surface area contributed by atoms with Crippen molar-refractivity contribution in [3.63, 3.8) is 0 Å². The standard InChI is InChI=1S/C21H25ClN2O/c1-3-24(4-2)14-13-23-21(16-9-11-18(22)12-10-16)20-15-17-7-5-6-8-19(17)25-20/h5-12,15,21,23H,3-4,13-14H2,1-2H3. The second kappa shape index (κ2) is 8.52. The minimum Gasteiger partial charge on any atom is -0.459 e. The zero-order valence-corrected chi connectivity index (χ0v) is 15.6. The minimum absolute atomic E-state index is 0.0141. The molecule has 1 atom stereocenters. The summed E-state index contributed by atoms with van der Waals surface area (Å²) in [6.07, 6.45) is 0. The van der Waals surface area contributed by atoms with Crippen LogP contribution in [0.2, 0.25) is 5.02 Å². The van der Waals surface area contributed by atoms with E-state index in [1.165, 1.54) is 0 Å². The number of nitrogens with one attached hydrogen (secondary N) is 1. The fourth-order valence-corrected chi connectivity index (χ4v) is 3.22. The number of hydrogen-bond donors (Lipinski definition) is 1. The van der Waals surface area contributed by atoms with Gasteiger partial charge in [0.15, 0.2) is 0 Å². The second-order valence-corrected chi connectivity index (χ2v) is 6.59. The van der Waals surface area contributed by atoms with Crippen molar-refractivity contribution >= 4 is 22.6 Å². The molecule has 25 heavy (non-hydrogen) atoms. The molecule has 0 radical (unpaired) electrons. The Hall–Kier alpha value is -1.81. The fraction of sp³-hybridized carbons (Fsp3) is 0.333. The van der Waals surface area contributed by atoms with Crippen molar-refractivity contribution < 1.29 is 4.42 Å². The number of likely N-dealkylation sites (N-methyl/N-ethyl adjacent to an activating group) is 1. The predicted octanol–water partition coefficient (Wildman–Crippen LogP) is 5.11. The number of fused-ring (bicyclic) bond motifs is 1. The Labute approximate surface area is 154 Å². The van der Waals surface area contributed by atoms with Gasteiger partial charge in [0.05, 0.1) is 6.04 Å². The molecule has 3 aromatic rings. The lowest BCUT2D eigenvalue weighted by molar-refractivity contribution is 0.296. The van der Waals surface area contributed by atoms with Gasteiger partial charge in [0.1, 0.15) is 11.3 Å². The Morgan fingerprint density at radius 2 is 1.76 bits per heavy atom. The van der Waals surface area contributed by atoms with Gasteiger partial charge in [-0.15, -0.1) is 0 Å². The zero-order chi connectivity index (χ0) is 17.6. The molecule has 1 unspecified atom stereocenters. The maximum absolute atomic E-state index is 6.12. The van der Waals surface area contributed by atoms with Crippen LogP contribution in [-0.4, -0.2) is 31.1 Å². The third kappa shape index (κ3) is 4.43. The van der Waals surface area contributed by atoms with Gasteiger partial charge in [-0.3, -0.25) is 0 Å². The van der Waals surface area contributed by atoms with Crippen molar-refractivity contribution in [1.29, 1.82) is 0 Å². The van der Waals surface area contributed by atoms with Crippen LogP contribution in [0.15, 0.2) is 59.0 Å². The van der Waals surface area contributed by atoms with E-state index in [1.807, 2.05) is 30.3 Å². The molecule has 0 fully saturated rings. The molecule has 3 nitrogen and oxygen atoms in total. The maximum Gasteiger partial charge on any atom is 0.134 e. The molecule has 0 spiro atoms. The van der Waals surface area contributed by atoms with Crippen LogP contribution in [0.25, 0.3) is 11.0 Å². The number of benzene rings is 2. The minimum atomic E-state index is 0.0141. The smallest absolute Gasteiger partial charge is 0.134 e. The van der Waals surface area contributed by atoms with Gasteiger partial charge >= 0.3 is 0 Å². The summed E-state index contributed by atoms with van der Waals surface area (Å²) >= 11 is 6.06. The van der Waals surface area contributed by atoms with Crippen LogP contribution < -0.4 is 5.32 Å². The average Bonchev–Trinajstić information content (AvgIpc) is 3.07. The van der Waals surface area contributed by atoms with Crippen molar-refractivity contribution in [2.75, 3.05) is 26.2 Å². The van der Waals surface area contributed by atoms with Gasteiger partial charge in [-0.05, 0) is 42.9 Å². The summed E-state index contributed by atoms with van der Waals surface area (Å²) in [6, 6.07) is 18.2. The number of halogens is 1. The van der Waals surface area contributed by atoms with Crippen molar-refractivity contribution in [2.45, 2.75) is 19.9 Å². The zero-order valence-electron chi connectivity index (χ0n) is 14.8. The van der Waals surface area contributed by atoms with Crippen molar-refractivity contribution in [1.82, 2.24) is 10.2 Å². The first kappa shape index (κ1) is 18.0. The van der Waals surface area contributed by atoms with Gasteiger partial charge in [0.25, 0.3) is 0 Å². The number of nitrogens with zero attached hydrogens (tertiary/aromatic N) is 1. The van der Waals surface area contributed by atoms with Gasteiger partial charge in [0.2, 0.25) is 0 Å². The molecule has 0 saturated heterocycles. The first-order valence-electron chi connectivity index (χ1n) is 8.91. The van der Waals surface area contributed by atoms with Gasteiger partial charge in [0, 0.05) is 23.5 Å². The molecule has 132 valence electrons. The van der Waals surface area contributed by atoms with Crippen molar-refractivity contribution in [2.24, 2.45) is 0 Å². The Bertz CT molecular complexity index is 760. The molecule has 0 bridgehead atoms. The van der Waals surface area contributed by atoms with E-state index in [9.17, 15) is 0 Å². The Kier molecular flexibility index (Phi) is 6.14. The number of para-hydroxylation sites is 1. The molecular weight excluding hydrogens is 332 g/mol. The number of hydrogen-bond acceptors (Lipinski definition) is 3. The average molecular weight is 357 g/mol. The highest BCUT2D eigenvalue weighted by molar-refractivity contribution is 6.30. The summed E-state index contributed by atoms with van der Waals surface area (Å²) in [7, 11) is 0. The molecule has 4 heteroatoms. The molecule has 1 N–H and O–H groups in total. The molecule has 1 aromatic heterocycles.